The van der Waals surface area contributed by atoms with Crippen LogP contribution in [-0.2, 0) is 9.47 Å². The zero-order chi connectivity index (χ0) is 22.3. The van der Waals surface area contributed by atoms with Crippen molar-refractivity contribution in [3.05, 3.63) is 22.7 Å². The van der Waals surface area contributed by atoms with Crippen LogP contribution in [-0.4, -0.2) is 62.0 Å². The number of benzene rings is 1. The van der Waals surface area contributed by atoms with Gasteiger partial charge in [-0.05, 0) is 33.3 Å². The molecule has 1 saturated heterocycles. The fourth-order valence-corrected chi connectivity index (χ4v) is 3.38. The quantitative estimate of drug-likeness (QED) is 0.524. The lowest BCUT2D eigenvalue weighted by Crippen LogP contribution is -2.56. The van der Waals surface area contributed by atoms with Crippen molar-refractivity contribution in [2.24, 2.45) is 0 Å². The van der Waals surface area contributed by atoms with Gasteiger partial charge in [0.2, 0.25) is 0 Å². The topological polar surface area (TPSA) is 103 Å². The third-order valence-electron chi connectivity index (χ3n) is 4.70. The minimum absolute atomic E-state index is 0.252. The molecule has 2 unspecified atom stereocenters. The molecular weight excluding hydrogens is 410 g/mol. The average molecular weight is 438 g/mol. The number of nitrogens with zero attached hydrogens (tertiary/aromatic N) is 1. The monoisotopic (exact) mass is 437 g/mol. The number of nitrogens with one attached hydrogen (secondary N) is 1. The lowest BCUT2D eigenvalue weighted by molar-refractivity contribution is 0.00452. The minimum atomic E-state index is -0.429. The summed E-state index contributed by atoms with van der Waals surface area (Å²) in [6.45, 7) is 6.29. The normalized spacial score (nSPS) is 19.3. The molecule has 0 saturated carbocycles. The molecule has 3 atom stereocenters. The lowest BCUT2D eigenvalue weighted by atomic mass is 10.0. The molecule has 1 aliphatic heterocycles. The second-order valence-corrected chi connectivity index (χ2v) is 7.22. The van der Waals surface area contributed by atoms with E-state index >= 15 is 0 Å². The summed E-state index contributed by atoms with van der Waals surface area (Å²) >= 11 is 6.14. The second-order valence-electron chi connectivity index (χ2n) is 6.81. The summed E-state index contributed by atoms with van der Waals surface area (Å²) in [5.41, 5.74) is 6.44. The van der Waals surface area contributed by atoms with Crippen LogP contribution in [0.3, 0.4) is 0 Å². The first-order valence-electron chi connectivity index (χ1n) is 9.73. The Balaban J connectivity index is 2.17. The van der Waals surface area contributed by atoms with Gasteiger partial charge >= 0.3 is 6.09 Å². The summed E-state index contributed by atoms with van der Waals surface area (Å²) in [6, 6.07) is 2.69. The SMILES string of the molecule is CC#C[C@H](C)Oc1cc(N)c(Cl)cc1C(=O)NC1CCN(C(=O)OCC)CC1OC. The van der Waals surface area contributed by atoms with Gasteiger partial charge in [-0.15, -0.1) is 5.92 Å². The van der Waals surface area contributed by atoms with Crippen LogP contribution in [0.1, 0.15) is 37.6 Å². The molecule has 2 rings (SSSR count). The van der Waals surface area contributed by atoms with Crippen molar-refractivity contribution in [1.29, 1.82) is 0 Å². The van der Waals surface area contributed by atoms with Gasteiger partial charge in [0.05, 0.1) is 41.6 Å². The summed E-state index contributed by atoms with van der Waals surface area (Å²) < 4.78 is 16.3. The predicted octanol–water partition coefficient (Wildman–Crippen LogP) is 2.69. The summed E-state index contributed by atoms with van der Waals surface area (Å²) in [4.78, 5) is 26.6. The molecule has 1 heterocycles. The molecule has 3 N–H and O–H groups in total. The van der Waals surface area contributed by atoms with E-state index in [0.29, 0.717) is 37.6 Å². The van der Waals surface area contributed by atoms with E-state index in [0.717, 1.165) is 0 Å². The highest BCUT2D eigenvalue weighted by Gasteiger charge is 2.34. The van der Waals surface area contributed by atoms with Gasteiger partial charge in [0.25, 0.3) is 5.91 Å². The number of ether oxygens (including phenoxy) is 3. The third-order valence-corrected chi connectivity index (χ3v) is 5.03. The van der Waals surface area contributed by atoms with Gasteiger partial charge in [-0.3, -0.25) is 4.79 Å². The van der Waals surface area contributed by atoms with Crippen LogP contribution in [0.2, 0.25) is 5.02 Å². The first-order chi connectivity index (χ1) is 14.3. The highest BCUT2D eigenvalue weighted by Crippen LogP contribution is 2.30. The van der Waals surface area contributed by atoms with Crippen LogP contribution < -0.4 is 15.8 Å². The minimum Gasteiger partial charge on any atom is -0.477 e. The number of amides is 2. The number of rotatable bonds is 6. The summed E-state index contributed by atoms with van der Waals surface area (Å²) in [7, 11) is 1.54. The molecular formula is C21H28ClN3O5. The second kappa shape index (κ2) is 11.0. The van der Waals surface area contributed by atoms with Crippen LogP contribution in [0.15, 0.2) is 12.1 Å². The fourth-order valence-electron chi connectivity index (χ4n) is 3.21. The third kappa shape index (κ3) is 5.94. The molecule has 1 aromatic carbocycles. The van der Waals surface area contributed by atoms with E-state index in [2.05, 4.69) is 17.2 Å². The number of nitrogen functional groups attached to an aromatic ring is 1. The number of halogens is 1. The van der Waals surface area contributed by atoms with Crippen LogP contribution in [0.5, 0.6) is 5.75 Å². The van der Waals surface area contributed by atoms with Crippen molar-refractivity contribution >= 4 is 29.3 Å². The van der Waals surface area contributed by atoms with E-state index in [-0.39, 0.29) is 28.6 Å². The number of methoxy groups -OCH3 is 1. The molecule has 2 amide bonds. The molecule has 0 radical (unpaired) electrons. The molecule has 8 nitrogen and oxygen atoms in total. The number of piperidine rings is 1. The number of hydrogen-bond acceptors (Lipinski definition) is 6. The molecule has 1 fully saturated rings. The molecule has 1 aliphatic rings. The van der Waals surface area contributed by atoms with E-state index < -0.39 is 12.2 Å². The Labute approximate surface area is 182 Å². The van der Waals surface area contributed by atoms with Crippen LogP contribution in [0.4, 0.5) is 10.5 Å². The van der Waals surface area contributed by atoms with E-state index in [9.17, 15) is 9.59 Å². The van der Waals surface area contributed by atoms with E-state index in [1.807, 2.05) is 0 Å². The van der Waals surface area contributed by atoms with Gasteiger partial charge in [0, 0.05) is 19.7 Å². The molecule has 0 spiro atoms. The predicted molar refractivity (Wildman–Crippen MR) is 115 cm³/mol. The lowest BCUT2D eigenvalue weighted by Gasteiger charge is -2.37. The molecule has 9 heteroatoms. The van der Waals surface area contributed by atoms with Crippen molar-refractivity contribution in [1.82, 2.24) is 10.2 Å². The number of nitrogens with two attached hydrogens (primary N) is 1. The first-order valence-corrected chi connectivity index (χ1v) is 10.1. The molecule has 30 heavy (non-hydrogen) atoms. The summed E-state index contributed by atoms with van der Waals surface area (Å²) in [5, 5.41) is 3.21. The zero-order valence-corrected chi connectivity index (χ0v) is 18.4. The van der Waals surface area contributed by atoms with Crippen LogP contribution >= 0.6 is 11.6 Å². The number of carbonyl (C=O) groups excluding carboxylic acids is 2. The van der Waals surface area contributed by atoms with Gasteiger partial charge in [-0.2, -0.15) is 0 Å². The standard InChI is InChI=1S/C21H28ClN3O5/c1-5-7-13(3)30-18-11-16(23)15(22)10-14(18)20(26)24-17-8-9-25(12-19(17)28-4)21(27)29-6-2/h10-11,13,17,19H,6,8-9,12,23H2,1-4H3,(H,24,26)/t13-,17?,19?/m0/s1. The van der Waals surface area contributed by atoms with Crippen molar-refractivity contribution < 1.29 is 23.8 Å². The number of carbonyl (C=O) groups is 2. The van der Waals surface area contributed by atoms with E-state index in [1.54, 1.807) is 25.7 Å². The van der Waals surface area contributed by atoms with Gasteiger partial charge in [-0.25, -0.2) is 4.79 Å². The zero-order valence-electron chi connectivity index (χ0n) is 17.7. The fraction of sp³-hybridized carbons (Fsp3) is 0.524. The number of hydrogen-bond donors (Lipinski definition) is 2. The van der Waals surface area contributed by atoms with Crippen LogP contribution in [0.25, 0.3) is 0 Å². The average Bonchev–Trinajstić information content (AvgIpc) is 2.71. The Kier molecular flexibility index (Phi) is 8.63. The molecule has 164 valence electrons. The van der Waals surface area contributed by atoms with Crippen molar-refractivity contribution in [3.8, 4) is 17.6 Å². The van der Waals surface area contributed by atoms with Gasteiger partial charge < -0.3 is 30.2 Å². The van der Waals surface area contributed by atoms with E-state index in [1.165, 1.54) is 19.2 Å². The Morgan fingerprint density at radius 2 is 2.17 bits per heavy atom. The highest BCUT2D eigenvalue weighted by atomic mass is 35.5. The van der Waals surface area contributed by atoms with Crippen molar-refractivity contribution in [2.45, 2.75) is 45.4 Å². The van der Waals surface area contributed by atoms with Gasteiger partial charge in [0.1, 0.15) is 5.75 Å². The Bertz CT molecular complexity index is 836. The van der Waals surface area contributed by atoms with Crippen molar-refractivity contribution in [2.75, 3.05) is 32.5 Å². The Morgan fingerprint density at radius 1 is 1.43 bits per heavy atom. The molecule has 0 aliphatic carbocycles. The Hall–Kier alpha value is -2.63. The maximum Gasteiger partial charge on any atom is 0.409 e. The summed E-state index contributed by atoms with van der Waals surface area (Å²) in [6.07, 6.45) is -0.691. The van der Waals surface area contributed by atoms with Crippen molar-refractivity contribution in [3.63, 3.8) is 0 Å². The molecule has 0 aromatic heterocycles. The highest BCUT2D eigenvalue weighted by molar-refractivity contribution is 6.33. The maximum atomic E-state index is 13.0. The largest absolute Gasteiger partial charge is 0.477 e. The molecule has 1 aromatic rings. The number of anilines is 1. The number of likely N-dealkylation sites (tertiary alicyclic amines) is 1. The van der Waals surface area contributed by atoms with Crippen LogP contribution in [0, 0.1) is 11.8 Å². The smallest absolute Gasteiger partial charge is 0.409 e. The van der Waals surface area contributed by atoms with E-state index in [4.69, 9.17) is 31.5 Å². The Morgan fingerprint density at radius 3 is 2.80 bits per heavy atom. The molecule has 0 bridgehead atoms. The van der Waals surface area contributed by atoms with Gasteiger partial charge in [-0.1, -0.05) is 17.5 Å². The maximum absolute atomic E-state index is 13.0. The summed E-state index contributed by atoms with van der Waals surface area (Å²) in [5.74, 6) is 5.56. The van der Waals surface area contributed by atoms with Gasteiger partial charge in [0.15, 0.2) is 6.10 Å². The first kappa shape index (κ1) is 23.6.